The number of hydrogen-bond acceptors (Lipinski definition) is 7. The van der Waals surface area contributed by atoms with Crippen LogP contribution in [0.25, 0.3) is 0 Å². The molecule has 7 rings (SSSR count). The molecule has 0 unspecified atom stereocenters. The van der Waals surface area contributed by atoms with Crippen LogP contribution in [0.2, 0.25) is 0 Å². The zero-order chi connectivity index (χ0) is 35.9. The Morgan fingerprint density at radius 3 is 2.42 bits per heavy atom. The van der Waals surface area contributed by atoms with E-state index in [0.717, 1.165) is 69.8 Å². The maximum absolute atomic E-state index is 14.5. The first-order chi connectivity index (χ1) is 23.5. The second kappa shape index (κ2) is 12.0. The third kappa shape index (κ3) is 5.21. The van der Waals surface area contributed by atoms with Crippen LogP contribution in [0.15, 0.2) is 42.1 Å². The van der Waals surface area contributed by atoms with Gasteiger partial charge in [-0.2, -0.15) is 0 Å². The van der Waals surface area contributed by atoms with E-state index >= 15 is 0 Å². The summed E-state index contributed by atoms with van der Waals surface area (Å²) < 4.78 is 1.70. The number of aliphatic hydroxyl groups is 2. The van der Waals surface area contributed by atoms with Gasteiger partial charge in [-0.1, -0.05) is 70.5 Å². The molecular formula is C40H57N5O5. The van der Waals surface area contributed by atoms with Crippen molar-refractivity contribution in [1.29, 1.82) is 0 Å². The Hall–Kier alpha value is -3.11. The van der Waals surface area contributed by atoms with Gasteiger partial charge in [0.25, 0.3) is 5.69 Å². The summed E-state index contributed by atoms with van der Waals surface area (Å²) in [6.07, 6.45) is 13.6. The molecule has 2 aromatic rings. The summed E-state index contributed by atoms with van der Waals surface area (Å²) in [5, 5.41) is 44.6. The summed E-state index contributed by atoms with van der Waals surface area (Å²) in [5.41, 5.74) is 2.48. The van der Waals surface area contributed by atoms with E-state index in [0.29, 0.717) is 24.7 Å². The number of carbonyl (C=O) groups is 1. The Bertz CT molecular complexity index is 1690. The molecule has 9 atom stereocenters. The first-order valence-corrected chi connectivity index (χ1v) is 18.9. The number of non-ortho nitro benzene ring substituents is 1. The van der Waals surface area contributed by atoms with Crippen LogP contribution in [-0.4, -0.2) is 48.7 Å². The smallest absolute Gasteiger partial charge is 0.269 e. The number of nitrogens with zero attached hydrogens (tertiary/aromatic N) is 4. The minimum Gasteiger partial charge on any atom is -0.396 e. The molecule has 4 fully saturated rings. The highest BCUT2D eigenvalue weighted by atomic mass is 16.6. The van der Waals surface area contributed by atoms with E-state index in [1.54, 1.807) is 16.8 Å². The molecule has 10 nitrogen and oxygen atoms in total. The molecule has 5 aliphatic rings. The minimum atomic E-state index is -0.470. The van der Waals surface area contributed by atoms with Gasteiger partial charge in [-0.05, 0) is 109 Å². The number of carbonyl (C=O) groups excluding carboxylic acids is 1. The average Bonchev–Trinajstić information content (AvgIpc) is 3.52. The molecule has 50 heavy (non-hydrogen) atoms. The number of nitro groups is 1. The first kappa shape index (κ1) is 35.3. The molecule has 1 heterocycles. The number of benzene rings is 1. The molecule has 0 bridgehead atoms. The van der Waals surface area contributed by atoms with Gasteiger partial charge in [-0.15, -0.1) is 5.10 Å². The van der Waals surface area contributed by atoms with Crippen LogP contribution in [0, 0.1) is 60.4 Å². The lowest BCUT2D eigenvalue weighted by atomic mass is 9.33. The Morgan fingerprint density at radius 2 is 1.72 bits per heavy atom. The highest BCUT2D eigenvalue weighted by Crippen LogP contribution is 2.75. The van der Waals surface area contributed by atoms with Gasteiger partial charge in [-0.3, -0.25) is 14.9 Å². The quantitative estimate of drug-likeness (QED) is 0.162. The lowest BCUT2D eigenvalue weighted by molar-refractivity contribution is -0.384. The van der Waals surface area contributed by atoms with Crippen LogP contribution in [0.5, 0.6) is 0 Å². The van der Waals surface area contributed by atoms with Crippen LogP contribution in [0.4, 0.5) is 5.69 Å². The molecule has 3 N–H and O–H groups in total. The van der Waals surface area contributed by atoms with Gasteiger partial charge >= 0.3 is 0 Å². The molecule has 0 radical (unpaired) electrons. The van der Waals surface area contributed by atoms with E-state index in [9.17, 15) is 25.1 Å². The fraction of sp³-hybridized carbons (Fsp3) is 0.725. The van der Waals surface area contributed by atoms with Crippen molar-refractivity contribution in [3.05, 3.63) is 63.5 Å². The Kier molecular flexibility index (Phi) is 8.45. The van der Waals surface area contributed by atoms with Gasteiger partial charge in [0, 0.05) is 17.5 Å². The highest BCUT2D eigenvalue weighted by molar-refractivity contribution is 5.84. The number of nitro benzene ring substituents is 1. The van der Waals surface area contributed by atoms with Crippen molar-refractivity contribution in [3.8, 4) is 0 Å². The Balaban J connectivity index is 1.13. The molecule has 1 aromatic carbocycles. The van der Waals surface area contributed by atoms with Crippen LogP contribution in [0.1, 0.15) is 117 Å². The average molecular weight is 688 g/mol. The third-order valence-corrected chi connectivity index (χ3v) is 15.7. The summed E-state index contributed by atoms with van der Waals surface area (Å²) in [5.74, 6) is 1.07. The first-order valence-electron chi connectivity index (χ1n) is 18.9. The van der Waals surface area contributed by atoms with Gasteiger partial charge in [0.2, 0.25) is 5.91 Å². The van der Waals surface area contributed by atoms with Crippen molar-refractivity contribution in [1.82, 2.24) is 20.3 Å². The lowest BCUT2D eigenvalue weighted by Crippen LogP contribution is -2.66. The molecule has 10 heteroatoms. The number of rotatable bonds is 7. The minimum absolute atomic E-state index is 0.0159. The van der Waals surface area contributed by atoms with Crippen molar-refractivity contribution in [2.45, 2.75) is 125 Å². The lowest BCUT2D eigenvalue weighted by Gasteiger charge is -2.71. The zero-order valence-corrected chi connectivity index (χ0v) is 30.9. The molecule has 1 amide bonds. The second-order valence-corrected chi connectivity index (χ2v) is 18.6. The van der Waals surface area contributed by atoms with Crippen molar-refractivity contribution >= 4 is 11.6 Å². The van der Waals surface area contributed by atoms with Crippen LogP contribution in [-0.2, 0) is 17.9 Å². The van der Waals surface area contributed by atoms with E-state index in [4.69, 9.17) is 0 Å². The fourth-order valence-corrected chi connectivity index (χ4v) is 12.4. The van der Waals surface area contributed by atoms with E-state index in [-0.39, 0.29) is 51.7 Å². The number of amides is 1. The Labute approximate surface area is 296 Å². The molecule has 0 aliphatic heterocycles. The number of aromatic nitrogens is 3. The van der Waals surface area contributed by atoms with Crippen LogP contribution >= 0.6 is 0 Å². The van der Waals surface area contributed by atoms with E-state index in [1.165, 1.54) is 17.7 Å². The number of aliphatic hydroxyl groups excluding tert-OH is 2. The standard InChI is InChI=1S/C40H57N5O5/c1-35(2)17-19-40(34(48)41-22-27-24-44(43-42-27)23-26-7-9-28(10-8-26)45(49)50)20-18-38(5)29(30(40)21-35)11-12-32-36(3)15-14-33(47)37(4,25-46)31(36)13-16-39(32,38)6/h7-11,24,30-33,46-47H,12-23,25H2,1-6H3,(H,41,48)/t30-,31+,32+,33-,36-,37-,38+,39+,40-/m0/s1. The number of allylic oxidation sites excluding steroid dienone is 2. The molecule has 272 valence electrons. The molecule has 0 saturated heterocycles. The molecule has 0 spiro atoms. The summed E-state index contributed by atoms with van der Waals surface area (Å²) in [6, 6.07) is 6.43. The highest BCUT2D eigenvalue weighted by Gasteiger charge is 2.69. The zero-order valence-electron chi connectivity index (χ0n) is 30.9. The fourth-order valence-electron chi connectivity index (χ4n) is 12.4. The molecule has 1 aromatic heterocycles. The summed E-state index contributed by atoms with van der Waals surface area (Å²) in [7, 11) is 0. The topological polar surface area (TPSA) is 143 Å². The maximum atomic E-state index is 14.5. The van der Waals surface area contributed by atoms with Crippen LogP contribution < -0.4 is 5.32 Å². The maximum Gasteiger partial charge on any atom is 0.269 e. The van der Waals surface area contributed by atoms with Gasteiger partial charge in [0.1, 0.15) is 5.69 Å². The summed E-state index contributed by atoms with van der Waals surface area (Å²) >= 11 is 0. The predicted octanol–water partition coefficient (Wildman–Crippen LogP) is 6.99. The predicted molar refractivity (Wildman–Crippen MR) is 191 cm³/mol. The van der Waals surface area contributed by atoms with Crippen LogP contribution in [0.3, 0.4) is 0 Å². The van der Waals surface area contributed by atoms with E-state index in [1.807, 2.05) is 6.20 Å². The Morgan fingerprint density at radius 1 is 1.00 bits per heavy atom. The van der Waals surface area contributed by atoms with Crippen molar-refractivity contribution in [2.75, 3.05) is 6.61 Å². The number of fused-ring (bicyclic) bond motifs is 7. The second-order valence-electron chi connectivity index (χ2n) is 18.6. The van der Waals surface area contributed by atoms with Gasteiger partial charge in [-0.25, -0.2) is 4.68 Å². The number of nitrogens with one attached hydrogen (secondary N) is 1. The van der Waals surface area contributed by atoms with Gasteiger partial charge in [0.15, 0.2) is 0 Å². The van der Waals surface area contributed by atoms with Crippen molar-refractivity contribution in [2.24, 2.45) is 50.2 Å². The molecular weight excluding hydrogens is 630 g/mol. The number of hydrogen-bond donors (Lipinski definition) is 3. The summed E-state index contributed by atoms with van der Waals surface area (Å²) in [4.78, 5) is 25.1. The summed E-state index contributed by atoms with van der Waals surface area (Å²) in [6.45, 7) is 15.2. The monoisotopic (exact) mass is 687 g/mol. The molecule has 4 saturated carbocycles. The van der Waals surface area contributed by atoms with E-state index in [2.05, 4.69) is 63.2 Å². The van der Waals surface area contributed by atoms with Gasteiger partial charge < -0.3 is 15.5 Å². The van der Waals surface area contributed by atoms with Gasteiger partial charge in [0.05, 0.1) is 42.3 Å². The third-order valence-electron chi connectivity index (χ3n) is 15.7. The van der Waals surface area contributed by atoms with Crippen molar-refractivity contribution in [3.63, 3.8) is 0 Å². The normalized spacial score (nSPS) is 40.4. The molecule has 5 aliphatic carbocycles. The van der Waals surface area contributed by atoms with E-state index < -0.39 is 21.9 Å². The SMILES string of the molecule is CC1(C)CC[C@]2(C(=O)NCc3cn(Cc4ccc([N+](=O)[O-])cc4)nn3)CC[C@]3(C)C(=CC[C@@H]4[C@@]5(C)CC[C@H](O)[C@@](C)(CO)[C@@H]5CC[C@]43C)[C@@H]2C1. The largest absolute Gasteiger partial charge is 0.396 e. The van der Waals surface area contributed by atoms with Crippen molar-refractivity contribution < 1.29 is 19.9 Å².